The fourth-order valence-electron chi connectivity index (χ4n) is 2.68. The highest BCUT2D eigenvalue weighted by atomic mass is 16.5. The molecule has 0 atom stereocenters. The molecule has 1 aliphatic heterocycles. The molecular weight excluding hydrogens is 290 g/mol. The minimum Gasteiger partial charge on any atom is -0.378 e. The first-order chi connectivity index (χ1) is 11.2. The van der Waals surface area contributed by atoms with E-state index in [1.165, 1.54) is 5.56 Å². The molecule has 1 aliphatic rings. The van der Waals surface area contributed by atoms with Gasteiger partial charge in [0.2, 0.25) is 0 Å². The van der Waals surface area contributed by atoms with Gasteiger partial charge in [-0.1, -0.05) is 29.8 Å². The molecule has 1 fully saturated rings. The van der Waals surface area contributed by atoms with E-state index in [1.807, 2.05) is 18.2 Å². The Morgan fingerprint density at radius 2 is 1.83 bits per heavy atom. The number of ether oxygens (including phenoxy) is 1. The van der Waals surface area contributed by atoms with Gasteiger partial charge >= 0.3 is 0 Å². The van der Waals surface area contributed by atoms with E-state index in [-0.39, 0.29) is 0 Å². The van der Waals surface area contributed by atoms with Gasteiger partial charge in [-0.05, 0) is 6.92 Å². The maximum atomic E-state index is 11.5. The molecule has 3 rings (SSSR count). The summed E-state index contributed by atoms with van der Waals surface area (Å²) in [5.74, 6) is 1.90. The van der Waals surface area contributed by atoms with Crippen LogP contribution in [-0.4, -0.2) is 36.0 Å². The number of carbonyl (C=O) groups is 1. The Bertz CT molecular complexity index is 688. The third-order valence-corrected chi connectivity index (χ3v) is 4.01. The average molecular weight is 311 g/mol. The molecule has 0 bridgehead atoms. The molecule has 0 radical (unpaired) electrons. The van der Waals surface area contributed by atoms with Crippen molar-refractivity contribution in [3.63, 3.8) is 0 Å². The second-order valence-corrected chi connectivity index (χ2v) is 5.87. The van der Waals surface area contributed by atoms with Crippen molar-refractivity contribution in [2.24, 2.45) is 0 Å². The van der Waals surface area contributed by atoms with Crippen molar-refractivity contribution in [3.8, 4) is 11.4 Å². The van der Waals surface area contributed by atoms with Crippen molar-refractivity contribution in [1.82, 2.24) is 9.97 Å². The van der Waals surface area contributed by atoms with Crippen molar-refractivity contribution >= 4 is 11.6 Å². The summed E-state index contributed by atoms with van der Waals surface area (Å²) in [5, 5.41) is 0. The van der Waals surface area contributed by atoms with Crippen LogP contribution in [0.3, 0.4) is 0 Å². The molecule has 1 aromatic carbocycles. The van der Waals surface area contributed by atoms with Crippen LogP contribution in [0.25, 0.3) is 11.4 Å². The Hall–Kier alpha value is -2.27. The van der Waals surface area contributed by atoms with Gasteiger partial charge in [0.25, 0.3) is 0 Å². The molecule has 2 heterocycles. The van der Waals surface area contributed by atoms with E-state index in [2.05, 4.69) is 28.9 Å². The Labute approximate surface area is 136 Å². The molecule has 0 amide bonds. The maximum absolute atomic E-state index is 11.5. The minimum atomic E-state index is 0.325. The molecule has 23 heavy (non-hydrogen) atoms. The van der Waals surface area contributed by atoms with Crippen molar-refractivity contribution in [3.05, 3.63) is 41.6 Å². The number of carbonyl (C=O) groups excluding carboxylic acids is 1. The van der Waals surface area contributed by atoms with E-state index >= 15 is 0 Å². The quantitative estimate of drug-likeness (QED) is 0.869. The van der Waals surface area contributed by atoms with Gasteiger partial charge in [-0.25, -0.2) is 9.97 Å². The van der Waals surface area contributed by atoms with Crippen LogP contribution in [0.15, 0.2) is 30.3 Å². The number of Topliss-reactive ketones (excluding diaryl/α,β-unsaturated/α-hetero) is 1. The van der Waals surface area contributed by atoms with Crippen LogP contribution in [0.1, 0.15) is 24.1 Å². The van der Waals surface area contributed by atoms with Crippen LogP contribution in [0.2, 0.25) is 0 Å². The molecule has 5 nitrogen and oxygen atoms in total. The Morgan fingerprint density at radius 1 is 1.13 bits per heavy atom. The van der Waals surface area contributed by atoms with E-state index in [0.29, 0.717) is 31.1 Å². The number of methoxy groups -OCH3 is 1. The number of hydrogen-bond acceptors (Lipinski definition) is 5. The van der Waals surface area contributed by atoms with Crippen LogP contribution >= 0.6 is 0 Å². The highest BCUT2D eigenvalue weighted by molar-refractivity contribution is 5.80. The summed E-state index contributed by atoms with van der Waals surface area (Å²) in [7, 11) is 1.66. The summed E-state index contributed by atoms with van der Waals surface area (Å²) in [6, 6.07) is 10.1. The van der Waals surface area contributed by atoms with Gasteiger partial charge in [0.1, 0.15) is 11.6 Å². The molecule has 2 aromatic rings. The van der Waals surface area contributed by atoms with Crippen LogP contribution in [0.5, 0.6) is 0 Å². The molecule has 1 saturated heterocycles. The summed E-state index contributed by atoms with van der Waals surface area (Å²) in [6.45, 7) is 3.94. The second kappa shape index (κ2) is 6.87. The lowest BCUT2D eigenvalue weighted by atomic mass is 10.1. The molecule has 120 valence electrons. The number of nitrogens with zero attached hydrogens (tertiary/aromatic N) is 3. The third-order valence-electron chi connectivity index (χ3n) is 4.01. The highest BCUT2D eigenvalue weighted by Gasteiger charge is 2.19. The molecule has 0 aliphatic carbocycles. The minimum absolute atomic E-state index is 0.325. The normalized spacial score (nSPS) is 15.0. The van der Waals surface area contributed by atoms with Gasteiger partial charge in [-0.3, -0.25) is 4.79 Å². The SMILES string of the molecule is COCc1cc(N2CCC(=O)CC2)nc(-c2ccc(C)cc2)n1. The first kappa shape index (κ1) is 15.6. The van der Waals surface area contributed by atoms with Crippen molar-refractivity contribution < 1.29 is 9.53 Å². The van der Waals surface area contributed by atoms with Gasteiger partial charge in [0.05, 0.1) is 12.3 Å². The third kappa shape index (κ3) is 3.74. The second-order valence-electron chi connectivity index (χ2n) is 5.87. The van der Waals surface area contributed by atoms with Crippen LogP contribution in [0, 0.1) is 6.92 Å². The van der Waals surface area contributed by atoms with Crippen LogP contribution in [-0.2, 0) is 16.1 Å². The van der Waals surface area contributed by atoms with Gasteiger partial charge < -0.3 is 9.64 Å². The van der Waals surface area contributed by atoms with Crippen molar-refractivity contribution in [1.29, 1.82) is 0 Å². The van der Waals surface area contributed by atoms with Gasteiger partial charge in [-0.15, -0.1) is 0 Å². The monoisotopic (exact) mass is 311 g/mol. The van der Waals surface area contributed by atoms with E-state index in [9.17, 15) is 4.79 Å². The maximum Gasteiger partial charge on any atom is 0.161 e. The fraction of sp³-hybridized carbons (Fsp3) is 0.389. The number of hydrogen-bond donors (Lipinski definition) is 0. The Balaban J connectivity index is 1.95. The topological polar surface area (TPSA) is 55.3 Å². The lowest BCUT2D eigenvalue weighted by molar-refractivity contribution is -0.119. The van der Waals surface area contributed by atoms with Crippen LogP contribution in [0.4, 0.5) is 5.82 Å². The van der Waals surface area contributed by atoms with Gasteiger partial charge in [0.15, 0.2) is 5.82 Å². The standard InChI is InChI=1S/C18H21N3O2/c1-13-3-5-14(6-4-13)18-19-15(12-23-2)11-17(20-18)21-9-7-16(22)8-10-21/h3-6,11H,7-10,12H2,1-2H3. The summed E-state index contributed by atoms with van der Waals surface area (Å²) < 4.78 is 5.23. The molecule has 0 unspecified atom stereocenters. The largest absolute Gasteiger partial charge is 0.378 e. The fourth-order valence-corrected chi connectivity index (χ4v) is 2.68. The van der Waals surface area contributed by atoms with Crippen molar-refractivity contribution in [2.45, 2.75) is 26.4 Å². The first-order valence-electron chi connectivity index (χ1n) is 7.86. The molecule has 1 aromatic heterocycles. The van der Waals surface area contributed by atoms with E-state index in [0.717, 1.165) is 30.2 Å². The summed E-state index contributed by atoms with van der Waals surface area (Å²) >= 11 is 0. The molecule has 0 spiro atoms. The van der Waals surface area contributed by atoms with E-state index in [1.54, 1.807) is 7.11 Å². The number of piperidine rings is 1. The average Bonchev–Trinajstić information content (AvgIpc) is 2.56. The lowest BCUT2D eigenvalue weighted by Crippen LogP contribution is -2.34. The summed E-state index contributed by atoms with van der Waals surface area (Å²) in [6.07, 6.45) is 1.17. The zero-order chi connectivity index (χ0) is 16.2. The highest BCUT2D eigenvalue weighted by Crippen LogP contribution is 2.23. The number of anilines is 1. The Kier molecular flexibility index (Phi) is 4.67. The predicted molar refractivity (Wildman–Crippen MR) is 89.4 cm³/mol. The smallest absolute Gasteiger partial charge is 0.161 e. The molecule has 0 N–H and O–H groups in total. The molecule has 0 saturated carbocycles. The van der Waals surface area contributed by atoms with Gasteiger partial charge in [-0.2, -0.15) is 0 Å². The number of rotatable bonds is 4. The number of aryl methyl sites for hydroxylation is 1. The van der Waals surface area contributed by atoms with Crippen molar-refractivity contribution in [2.75, 3.05) is 25.1 Å². The summed E-state index contributed by atoms with van der Waals surface area (Å²) in [4.78, 5) is 22.9. The van der Waals surface area contributed by atoms with Crippen LogP contribution < -0.4 is 4.90 Å². The summed E-state index contributed by atoms with van der Waals surface area (Å²) in [5.41, 5.74) is 3.05. The predicted octanol–water partition coefficient (Wildman–Crippen LogP) is 2.77. The van der Waals surface area contributed by atoms with E-state index in [4.69, 9.17) is 9.72 Å². The van der Waals surface area contributed by atoms with Gasteiger partial charge in [0, 0.05) is 44.7 Å². The Morgan fingerprint density at radius 3 is 2.48 bits per heavy atom. The first-order valence-corrected chi connectivity index (χ1v) is 7.86. The molecular formula is C18H21N3O2. The lowest BCUT2D eigenvalue weighted by Gasteiger charge is -2.27. The number of ketones is 1. The zero-order valence-corrected chi connectivity index (χ0v) is 13.6. The molecule has 5 heteroatoms. The number of benzene rings is 1. The van der Waals surface area contributed by atoms with E-state index < -0.39 is 0 Å². The zero-order valence-electron chi connectivity index (χ0n) is 13.6. The number of aromatic nitrogens is 2.